The Bertz CT molecular complexity index is 842. The molecule has 8 nitrogen and oxygen atoms in total. The van der Waals surface area contributed by atoms with Gasteiger partial charge in [0.05, 0.1) is 23.4 Å². The van der Waals surface area contributed by atoms with Gasteiger partial charge in [-0.2, -0.15) is 0 Å². The summed E-state index contributed by atoms with van der Waals surface area (Å²) >= 11 is 0. The van der Waals surface area contributed by atoms with Gasteiger partial charge in [-0.1, -0.05) is 0 Å². The second-order valence-corrected chi connectivity index (χ2v) is 7.01. The summed E-state index contributed by atoms with van der Waals surface area (Å²) in [5, 5.41) is 4.72. The molecule has 0 fully saturated rings. The number of amides is 2. The van der Waals surface area contributed by atoms with Crippen LogP contribution in [0.15, 0.2) is 47.8 Å². The van der Waals surface area contributed by atoms with Gasteiger partial charge in [0.25, 0.3) is 5.91 Å². The number of hydrogen-bond acceptors (Lipinski definition) is 6. The Morgan fingerprint density at radius 1 is 1.08 bits per heavy atom. The zero-order valence-corrected chi connectivity index (χ0v) is 13.8. The molecule has 0 saturated heterocycles. The number of carbonyl (C=O) groups is 2. The molecule has 0 atom stereocenters. The van der Waals surface area contributed by atoms with E-state index >= 15 is 0 Å². The maximum Gasteiger partial charge on any atom is 0.271 e. The van der Waals surface area contributed by atoms with Crippen molar-refractivity contribution >= 4 is 21.7 Å². The average Bonchev–Trinajstić information content (AvgIpc) is 2.60. The van der Waals surface area contributed by atoms with E-state index in [9.17, 15) is 22.4 Å². The molecule has 0 spiro atoms. The topological polar surface area (TPSA) is 118 Å². The van der Waals surface area contributed by atoms with Crippen LogP contribution < -0.4 is 10.6 Å². The summed E-state index contributed by atoms with van der Waals surface area (Å²) in [6.07, 6.45) is 4.00. The van der Waals surface area contributed by atoms with Gasteiger partial charge in [0.15, 0.2) is 9.84 Å². The standard InChI is InChI=1S/C15H15FN4O4S/c16-11-1-3-12(4-2-11)25(23,24)8-7-19-14(21)10-20-15(22)13-9-17-5-6-18-13/h1-6,9H,7-8,10H2,(H,19,21)(H,20,22). The molecule has 2 rings (SSSR count). The lowest BCUT2D eigenvalue weighted by atomic mass is 10.4. The second kappa shape index (κ2) is 8.29. The molecule has 0 aliphatic carbocycles. The predicted molar refractivity (Wildman–Crippen MR) is 85.8 cm³/mol. The van der Waals surface area contributed by atoms with Gasteiger partial charge in [-0.05, 0) is 24.3 Å². The molecule has 0 aliphatic heterocycles. The van der Waals surface area contributed by atoms with Crippen LogP contribution in [0.25, 0.3) is 0 Å². The largest absolute Gasteiger partial charge is 0.354 e. The first-order valence-corrected chi connectivity index (χ1v) is 8.83. The molecule has 1 heterocycles. The highest BCUT2D eigenvalue weighted by Gasteiger charge is 2.15. The summed E-state index contributed by atoms with van der Waals surface area (Å²) < 4.78 is 36.8. The predicted octanol–water partition coefficient (Wildman–Crippen LogP) is -0.0644. The van der Waals surface area contributed by atoms with Crippen LogP contribution in [0, 0.1) is 5.82 Å². The van der Waals surface area contributed by atoms with Gasteiger partial charge >= 0.3 is 0 Å². The Kier molecular flexibility index (Phi) is 6.12. The molecule has 2 amide bonds. The molecular formula is C15H15FN4O4S. The lowest BCUT2D eigenvalue weighted by Gasteiger charge is -2.07. The van der Waals surface area contributed by atoms with Crippen molar-refractivity contribution in [3.05, 3.63) is 54.4 Å². The van der Waals surface area contributed by atoms with Crippen molar-refractivity contribution in [1.82, 2.24) is 20.6 Å². The second-order valence-electron chi connectivity index (χ2n) is 4.90. The van der Waals surface area contributed by atoms with Crippen molar-refractivity contribution in [3.63, 3.8) is 0 Å². The maximum absolute atomic E-state index is 12.8. The molecule has 2 aromatic rings. The lowest BCUT2D eigenvalue weighted by molar-refractivity contribution is -0.120. The Morgan fingerprint density at radius 2 is 1.80 bits per heavy atom. The van der Waals surface area contributed by atoms with Crippen molar-refractivity contribution in [3.8, 4) is 0 Å². The van der Waals surface area contributed by atoms with Crippen LogP contribution in [0.2, 0.25) is 0 Å². The van der Waals surface area contributed by atoms with Crippen LogP contribution in [0.3, 0.4) is 0 Å². The molecule has 0 aliphatic rings. The summed E-state index contributed by atoms with van der Waals surface area (Å²) in [7, 11) is -3.63. The van der Waals surface area contributed by atoms with E-state index in [2.05, 4.69) is 20.6 Å². The molecule has 1 aromatic carbocycles. The Hall–Kier alpha value is -2.88. The van der Waals surface area contributed by atoms with Crippen LogP contribution in [0.5, 0.6) is 0 Å². The normalized spacial score (nSPS) is 10.9. The van der Waals surface area contributed by atoms with Crippen molar-refractivity contribution < 1.29 is 22.4 Å². The number of aromatic nitrogens is 2. The highest BCUT2D eigenvalue weighted by Crippen LogP contribution is 2.11. The number of halogens is 1. The number of carbonyl (C=O) groups excluding carboxylic acids is 2. The van der Waals surface area contributed by atoms with Crippen LogP contribution >= 0.6 is 0 Å². The SMILES string of the molecule is O=C(CNC(=O)c1cnccn1)NCCS(=O)(=O)c1ccc(F)cc1. The third-order valence-electron chi connectivity index (χ3n) is 3.07. The zero-order valence-electron chi connectivity index (χ0n) is 13.0. The van der Waals surface area contributed by atoms with E-state index in [-0.39, 0.29) is 29.4 Å². The minimum atomic E-state index is -3.63. The first kappa shape index (κ1) is 18.5. The fourth-order valence-electron chi connectivity index (χ4n) is 1.81. The van der Waals surface area contributed by atoms with Gasteiger partial charge in [0.1, 0.15) is 11.5 Å². The van der Waals surface area contributed by atoms with Gasteiger partial charge in [-0.25, -0.2) is 17.8 Å². The number of hydrogen-bond donors (Lipinski definition) is 2. The van der Waals surface area contributed by atoms with E-state index in [1.54, 1.807) is 0 Å². The highest BCUT2D eigenvalue weighted by molar-refractivity contribution is 7.91. The number of nitrogens with zero attached hydrogens (tertiary/aromatic N) is 2. The monoisotopic (exact) mass is 366 g/mol. The molecule has 25 heavy (non-hydrogen) atoms. The summed E-state index contributed by atoms with van der Waals surface area (Å²) in [5.74, 6) is -2.00. The van der Waals surface area contributed by atoms with E-state index in [4.69, 9.17) is 0 Å². The summed E-state index contributed by atoms with van der Waals surface area (Å²) in [6.45, 7) is -0.467. The van der Waals surface area contributed by atoms with E-state index in [1.165, 1.54) is 18.6 Å². The summed E-state index contributed by atoms with van der Waals surface area (Å²) in [5.41, 5.74) is 0.0641. The van der Waals surface area contributed by atoms with E-state index in [1.807, 2.05) is 0 Å². The Labute approximate surface area is 143 Å². The van der Waals surface area contributed by atoms with E-state index in [0.29, 0.717) is 0 Å². The van der Waals surface area contributed by atoms with Gasteiger partial charge in [0.2, 0.25) is 5.91 Å². The van der Waals surface area contributed by atoms with Crippen LogP contribution in [0.1, 0.15) is 10.5 Å². The van der Waals surface area contributed by atoms with Crippen LogP contribution in [-0.2, 0) is 14.6 Å². The minimum Gasteiger partial charge on any atom is -0.354 e. The molecule has 0 unspecified atom stereocenters. The molecular weight excluding hydrogens is 351 g/mol. The van der Waals surface area contributed by atoms with Crippen molar-refractivity contribution in [1.29, 1.82) is 0 Å². The molecule has 0 radical (unpaired) electrons. The number of nitrogens with one attached hydrogen (secondary N) is 2. The molecule has 1 aromatic heterocycles. The number of benzene rings is 1. The minimum absolute atomic E-state index is 0.0286. The number of sulfone groups is 1. The Balaban J connectivity index is 1.76. The molecule has 2 N–H and O–H groups in total. The lowest BCUT2D eigenvalue weighted by Crippen LogP contribution is -2.39. The molecule has 0 bridgehead atoms. The Morgan fingerprint density at radius 3 is 2.44 bits per heavy atom. The van der Waals surface area contributed by atoms with Crippen molar-refractivity contribution in [2.45, 2.75) is 4.90 Å². The van der Waals surface area contributed by atoms with Gasteiger partial charge < -0.3 is 10.6 Å². The van der Waals surface area contributed by atoms with Crippen molar-refractivity contribution in [2.24, 2.45) is 0 Å². The maximum atomic E-state index is 12.8. The zero-order chi connectivity index (χ0) is 18.3. The summed E-state index contributed by atoms with van der Waals surface area (Å²) in [4.78, 5) is 30.8. The fourth-order valence-corrected chi connectivity index (χ4v) is 2.97. The fraction of sp³-hybridized carbons (Fsp3) is 0.200. The highest BCUT2D eigenvalue weighted by atomic mass is 32.2. The van der Waals surface area contributed by atoms with Gasteiger partial charge in [-0.3, -0.25) is 14.6 Å². The quantitative estimate of drug-likeness (QED) is 0.663. The van der Waals surface area contributed by atoms with E-state index in [0.717, 1.165) is 24.3 Å². The third kappa shape index (κ3) is 5.60. The first-order valence-electron chi connectivity index (χ1n) is 7.18. The molecule has 10 heteroatoms. The van der Waals surface area contributed by atoms with Gasteiger partial charge in [0, 0.05) is 18.9 Å². The molecule has 0 saturated carbocycles. The average molecular weight is 366 g/mol. The van der Waals surface area contributed by atoms with Crippen LogP contribution in [0.4, 0.5) is 4.39 Å². The third-order valence-corrected chi connectivity index (χ3v) is 4.80. The smallest absolute Gasteiger partial charge is 0.271 e. The van der Waals surface area contributed by atoms with Crippen molar-refractivity contribution in [2.75, 3.05) is 18.8 Å². The summed E-state index contributed by atoms with van der Waals surface area (Å²) in [6, 6.07) is 4.42. The first-order chi connectivity index (χ1) is 11.9. The van der Waals surface area contributed by atoms with Crippen LogP contribution in [-0.4, -0.2) is 49.0 Å². The van der Waals surface area contributed by atoms with Gasteiger partial charge in [-0.15, -0.1) is 0 Å². The number of rotatable bonds is 7. The van der Waals surface area contributed by atoms with E-state index < -0.39 is 27.5 Å². The molecule has 132 valence electrons.